The number of nitrogens with one attached hydrogen (secondary N) is 1. The summed E-state index contributed by atoms with van der Waals surface area (Å²) in [4.78, 5) is 10.0. The molecule has 0 atom stereocenters. The third-order valence-corrected chi connectivity index (χ3v) is 3.17. The van der Waals surface area contributed by atoms with Gasteiger partial charge in [-0.2, -0.15) is 5.10 Å². The molecule has 2 aromatic rings. The molecule has 2 rings (SSSR count). The summed E-state index contributed by atoms with van der Waals surface area (Å²) in [6.07, 6.45) is 1.57. The number of hydrogen-bond acceptors (Lipinski definition) is 4. The molecule has 0 aliphatic rings. The van der Waals surface area contributed by atoms with E-state index in [1.54, 1.807) is 36.5 Å². The van der Waals surface area contributed by atoms with Crippen molar-refractivity contribution < 1.29 is 4.92 Å². The zero-order chi connectivity index (χ0) is 14.5. The fourth-order valence-corrected chi connectivity index (χ4v) is 1.74. The van der Waals surface area contributed by atoms with Crippen LogP contribution in [0.4, 0.5) is 11.4 Å². The van der Waals surface area contributed by atoms with E-state index in [4.69, 9.17) is 23.2 Å². The Labute approximate surface area is 125 Å². The minimum Gasteiger partial charge on any atom is -0.278 e. The van der Waals surface area contributed by atoms with Crippen LogP contribution in [0.5, 0.6) is 0 Å². The van der Waals surface area contributed by atoms with Crippen molar-refractivity contribution in [3.63, 3.8) is 0 Å². The van der Waals surface area contributed by atoms with Crippen molar-refractivity contribution in [1.82, 2.24) is 0 Å². The number of halogens is 2. The highest BCUT2D eigenvalue weighted by molar-refractivity contribution is 6.42. The van der Waals surface area contributed by atoms with E-state index in [1.165, 1.54) is 12.1 Å². The van der Waals surface area contributed by atoms with Crippen LogP contribution in [0.1, 0.15) is 5.56 Å². The van der Waals surface area contributed by atoms with Crippen LogP contribution < -0.4 is 5.43 Å². The molecule has 0 saturated heterocycles. The lowest BCUT2D eigenvalue weighted by molar-refractivity contribution is -0.384. The van der Waals surface area contributed by atoms with Crippen LogP contribution in [0.15, 0.2) is 47.6 Å². The number of nitrogens with zero attached hydrogens (tertiary/aromatic N) is 2. The van der Waals surface area contributed by atoms with Crippen molar-refractivity contribution in [1.29, 1.82) is 0 Å². The fraction of sp³-hybridized carbons (Fsp3) is 0. The van der Waals surface area contributed by atoms with Crippen molar-refractivity contribution in [2.75, 3.05) is 5.43 Å². The molecule has 0 radical (unpaired) electrons. The highest BCUT2D eigenvalue weighted by atomic mass is 35.5. The number of non-ortho nitro benzene ring substituents is 1. The van der Waals surface area contributed by atoms with Gasteiger partial charge in [0.2, 0.25) is 0 Å². The Morgan fingerprint density at radius 3 is 2.40 bits per heavy atom. The standard InChI is InChI=1S/C13H9Cl2N3O2/c14-12-6-1-9(7-13(12)15)8-16-17-10-2-4-11(5-3-10)18(19)20/h1-8,17H/b16-8+. The Hall–Kier alpha value is -2.11. The van der Waals surface area contributed by atoms with Crippen LogP contribution in [-0.4, -0.2) is 11.1 Å². The van der Waals surface area contributed by atoms with Gasteiger partial charge in [0.1, 0.15) is 0 Å². The van der Waals surface area contributed by atoms with Gasteiger partial charge in [0.25, 0.3) is 5.69 Å². The van der Waals surface area contributed by atoms with Gasteiger partial charge in [0.05, 0.1) is 26.9 Å². The van der Waals surface area contributed by atoms with Crippen molar-refractivity contribution in [2.45, 2.75) is 0 Å². The Bertz CT molecular complexity index is 657. The second-order valence-corrected chi connectivity index (χ2v) is 4.66. The summed E-state index contributed by atoms with van der Waals surface area (Å²) in [6.45, 7) is 0. The summed E-state index contributed by atoms with van der Waals surface area (Å²) in [5.41, 5.74) is 4.23. The second kappa shape index (κ2) is 6.36. The van der Waals surface area contributed by atoms with Crippen LogP contribution in [-0.2, 0) is 0 Å². The quantitative estimate of drug-likeness (QED) is 0.518. The Morgan fingerprint density at radius 2 is 1.80 bits per heavy atom. The molecule has 0 bridgehead atoms. The minimum atomic E-state index is -0.456. The molecule has 0 amide bonds. The molecule has 0 unspecified atom stereocenters. The first-order valence-electron chi connectivity index (χ1n) is 5.55. The van der Waals surface area contributed by atoms with Gasteiger partial charge in [-0.25, -0.2) is 0 Å². The normalized spacial score (nSPS) is 10.7. The number of hydrogen-bond donors (Lipinski definition) is 1. The number of benzene rings is 2. The molecule has 0 aromatic heterocycles. The molecular weight excluding hydrogens is 301 g/mol. The summed E-state index contributed by atoms with van der Waals surface area (Å²) < 4.78 is 0. The van der Waals surface area contributed by atoms with E-state index in [0.717, 1.165) is 5.56 Å². The van der Waals surface area contributed by atoms with E-state index in [0.29, 0.717) is 15.7 Å². The van der Waals surface area contributed by atoms with E-state index in [9.17, 15) is 10.1 Å². The molecular formula is C13H9Cl2N3O2. The van der Waals surface area contributed by atoms with E-state index in [-0.39, 0.29) is 5.69 Å². The summed E-state index contributed by atoms with van der Waals surface area (Å²) in [7, 11) is 0. The van der Waals surface area contributed by atoms with Gasteiger partial charge in [-0.15, -0.1) is 0 Å². The largest absolute Gasteiger partial charge is 0.278 e. The monoisotopic (exact) mass is 309 g/mol. The molecule has 0 aliphatic carbocycles. The van der Waals surface area contributed by atoms with Crippen LogP contribution in [0.2, 0.25) is 10.0 Å². The number of anilines is 1. The molecule has 0 aliphatic heterocycles. The molecule has 0 fully saturated rings. The molecule has 7 heteroatoms. The Balaban J connectivity index is 2.02. The lowest BCUT2D eigenvalue weighted by atomic mass is 10.2. The summed E-state index contributed by atoms with van der Waals surface area (Å²) in [6, 6.07) is 11.1. The van der Waals surface area contributed by atoms with Gasteiger partial charge in [0, 0.05) is 12.1 Å². The molecule has 102 valence electrons. The van der Waals surface area contributed by atoms with Crippen LogP contribution in [0.3, 0.4) is 0 Å². The van der Waals surface area contributed by atoms with E-state index < -0.39 is 4.92 Å². The minimum absolute atomic E-state index is 0.0315. The summed E-state index contributed by atoms with van der Waals surface area (Å²) in [5.74, 6) is 0. The topological polar surface area (TPSA) is 67.5 Å². The van der Waals surface area contributed by atoms with Crippen molar-refractivity contribution in [2.24, 2.45) is 5.10 Å². The van der Waals surface area contributed by atoms with Crippen molar-refractivity contribution in [3.8, 4) is 0 Å². The lowest BCUT2D eigenvalue weighted by Gasteiger charge is -2.00. The average molecular weight is 310 g/mol. The number of hydrazone groups is 1. The Kier molecular flexibility index (Phi) is 4.55. The lowest BCUT2D eigenvalue weighted by Crippen LogP contribution is -1.92. The van der Waals surface area contributed by atoms with Crippen molar-refractivity contribution in [3.05, 3.63) is 68.2 Å². The highest BCUT2D eigenvalue weighted by Gasteiger charge is 2.02. The zero-order valence-electron chi connectivity index (χ0n) is 10.1. The Morgan fingerprint density at radius 1 is 1.10 bits per heavy atom. The van der Waals surface area contributed by atoms with Gasteiger partial charge in [-0.05, 0) is 29.8 Å². The highest BCUT2D eigenvalue weighted by Crippen LogP contribution is 2.22. The number of nitro groups is 1. The predicted octanol–water partition coefficient (Wildman–Crippen LogP) is 4.35. The van der Waals surface area contributed by atoms with Crippen LogP contribution >= 0.6 is 23.2 Å². The first kappa shape index (κ1) is 14.3. The molecule has 5 nitrogen and oxygen atoms in total. The SMILES string of the molecule is O=[N+]([O-])c1ccc(N/N=C/c2ccc(Cl)c(Cl)c2)cc1. The van der Waals surface area contributed by atoms with Crippen LogP contribution in [0.25, 0.3) is 0 Å². The third-order valence-electron chi connectivity index (χ3n) is 2.43. The predicted molar refractivity (Wildman–Crippen MR) is 80.8 cm³/mol. The second-order valence-electron chi connectivity index (χ2n) is 3.85. The molecule has 0 saturated carbocycles. The molecule has 20 heavy (non-hydrogen) atoms. The smallest absolute Gasteiger partial charge is 0.269 e. The maximum absolute atomic E-state index is 10.5. The van der Waals surface area contributed by atoms with E-state index >= 15 is 0 Å². The molecule has 1 N–H and O–H groups in total. The van der Waals surface area contributed by atoms with Crippen molar-refractivity contribution >= 4 is 40.8 Å². The number of nitro benzene ring substituents is 1. The fourth-order valence-electron chi connectivity index (χ4n) is 1.43. The van der Waals surface area contributed by atoms with E-state index in [2.05, 4.69) is 10.5 Å². The number of rotatable bonds is 4. The van der Waals surface area contributed by atoms with Gasteiger partial charge < -0.3 is 0 Å². The maximum Gasteiger partial charge on any atom is 0.269 e. The summed E-state index contributed by atoms with van der Waals surface area (Å²) in [5, 5.41) is 15.4. The first-order valence-corrected chi connectivity index (χ1v) is 6.30. The maximum atomic E-state index is 10.5. The molecule has 2 aromatic carbocycles. The molecule has 0 spiro atoms. The first-order chi connectivity index (χ1) is 9.56. The zero-order valence-corrected chi connectivity index (χ0v) is 11.6. The third kappa shape index (κ3) is 3.69. The van der Waals surface area contributed by atoms with Gasteiger partial charge in [0.15, 0.2) is 0 Å². The molecule has 0 heterocycles. The van der Waals surface area contributed by atoms with Crippen LogP contribution in [0, 0.1) is 10.1 Å². The average Bonchev–Trinajstić information content (AvgIpc) is 2.43. The van der Waals surface area contributed by atoms with Gasteiger partial charge >= 0.3 is 0 Å². The van der Waals surface area contributed by atoms with E-state index in [1.807, 2.05) is 0 Å². The van der Waals surface area contributed by atoms with Gasteiger partial charge in [-0.1, -0.05) is 29.3 Å². The summed E-state index contributed by atoms with van der Waals surface area (Å²) >= 11 is 11.7. The van der Waals surface area contributed by atoms with Gasteiger partial charge in [-0.3, -0.25) is 15.5 Å².